The van der Waals surface area contributed by atoms with E-state index in [1.165, 1.54) is 11.1 Å². The van der Waals surface area contributed by atoms with Crippen molar-refractivity contribution in [2.24, 2.45) is 0 Å². The Balaban J connectivity index is 3.17. The summed E-state index contributed by atoms with van der Waals surface area (Å²) in [5, 5.41) is 9.00. The third-order valence-corrected chi connectivity index (χ3v) is 3.43. The van der Waals surface area contributed by atoms with Crippen molar-refractivity contribution < 1.29 is 9.53 Å². The van der Waals surface area contributed by atoms with E-state index in [4.69, 9.17) is 9.53 Å². The van der Waals surface area contributed by atoms with E-state index in [1.54, 1.807) is 0 Å². The first kappa shape index (κ1) is 15.3. The summed E-state index contributed by atoms with van der Waals surface area (Å²) in [6.07, 6.45) is 1.67. The first-order valence-electron chi connectivity index (χ1n) is 6.57. The molecule has 1 radical (unpaired) electrons. The molecule has 1 aromatic rings. The fourth-order valence-electron chi connectivity index (χ4n) is 1.97. The number of rotatable bonds is 5. The second-order valence-corrected chi connectivity index (χ2v) is 7.90. The zero-order valence-corrected chi connectivity index (χ0v) is 13.2. The molecular weight excluding hydrogens is 240 g/mol. The van der Waals surface area contributed by atoms with E-state index in [1.807, 2.05) is 0 Å². The second kappa shape index (κ2) is 6.39. The molecule has 0 saturated carbocycles. The van der Waals surface area contributed by atoms with Crippen molar-refractivity contribution in [2.45, 2.75) is 52.1 Å². The molecule has 3 heteroatoms. The molecule has 0 aliphatic heterocycles. The maximum Gasteiger partial charge on any atom is 0.274 e. The lowest BCUT2D eigenvalue weighted by Crippen LogP contribution is -2.19. The lowest BCUT2D eigenvalue weighted by molar-refractivity contribution is 0.288. The van der Waals surface area contributed by atoms with Crippen LogP contribution in [0, 0.1) is 0 Å². The van der Waals surface area contributed by atoms with Crippen LogP contribution in [0.4, 0.5) is 0 Å². The Hall–Kier alpha value is -0.803. The molecule has 0 saturated heterocycles. The molecule has 0 bridgehead atoms. The Labute approximate surface area is 113 Å². The summed E-state index contributed by atoms with van der Waals surface area (Å²) in [7, 11) is -0.778. The van der Waals surface area contributed by atoms with Crippen LogP contribution in [-0.4, -0.2) is 20.8 Å². The van der Waals surface area contributed by atoms with Gasteiger partial charge >= 0.3 is 0 Å². The van der Waals surface area contributed by atoms with Gasteiger partial charge in [-0.15, -0.1) is 0 Å². The number of aryl methyl sites for hydroxylation is 1. The van der Waals surface area contributed by atoms with Crippen molar-refractivity contribution in [1.29, 1.82) is 0 Å². The Kier molecular flexibility index (Phi) is 5.41. The highest BCUT2D eigenvalue weighted by atomic mass is 28.3. The van der Waals surface area contributed by atoms with Gasteiger partial charge in [-0.05, 0) is 42.5 Å². The zero-order chi connectivity index (χ0) is 13.8. The van der Waals surface area contributed by atoms with Gasteiger partial charge in [0.05, 0.1) is 0 Å². The van der Waals surface area contributed by atoms with Gasteiger partial charge in [0, 0.05) is 6.61 Å². The van der Waals surface area contributed by atoms with Crippen molar-refractivity contribution in [3.8, 4) is 5.75 Å². The van der Waals surface area contributed by atoms with Gasteiger partial charge in [0.15, 0.2) is 0 Å². The van der Waals surface area contributed by atoms with Crippen LogP contribution in [0.3, 0.4) is 0 Å². The van der Waals surface area contributed by atoms with Gasteiger partial charge in [-0.2, -0.15) is 0 Å². The topological polar surface area (TPSA) is 29.5 Å². The van der Waals surface area contributed by atoms with Gasteiger partial charge < -0.3 is 9.53 Å². The largest absolute Gasteiger partial charge is 0.542 e. The van der Waals surface area contributed by atoms with Crippen LogP contribution in [0.2, 0.25) is 13.1 Å². The van der Waals surface area contributed by atoms with Gasteiger partial charge in [0.25, 0.3) is 9.04 Å². The SMILES string of the molecule is C[Si](C)Oc1c(CCCO)cccc1C(C)(C)C. The lowest BCUT2D eigenvalue weighted by Gasteiger charge is -2.26. The summed E-state index contributed by atoms with van der Waals surface area (Å²) in [4.78, 5) is 0. The summed E-state index contributed by atoms with van der Waals surface area (Å²) >= 11 is 0. The molecule has 0 spiro atoms. The van der Waals surface area contributed by atoms with Crippen LogP contribution in [-0.2, 0) is 11.8 Å². The highest BCUT2D eigenvalue weighted by Crippen LogP contribution is 2.35. The van der Waals surface area contributed by atoms with Gasteiger partial charge in [-0.1, -0.05) is 39.0 Å². The Morgan fingerprint density at radius 3 is 2.39 bits per heavy atom. The molecule has 0 aromatic heterocycles. The molecule has 18 heavy (non-hydrogen) atoms. The number of aliphatic hydroxyl groups is 1. The molecule has 0 unspecified atom stereocenters. The Morgan fingerprint density at radius 1 is 1.22 bits per heavy atom. The molecule has 2 nitrogen and oxygen atoms in total. The van der Waals surface area contributed by atoms with Crippen LogP contribution >= 0.6 is 0 Å². The fourth-order valence-corrected chi connectivity index (χ4v) is 2.62. The number of hydrogen-bond acceptors (Lipinski definition) is 2. The third-order valence-electron chi connectivity index (χ3n) is 2.82. The van der Waals surface area contributed by atoms with Crippen LogP contribution in [0.1, 0.15) is 38.3 Å². The van der Waals surface area contributed by atoms with E-state index in [0.717, 1.165) is 18.6 Å². The summed E-state index contributed by atoms with van der Waals surface area (Å²) < 4.78 is 6.12. The van der Waals surface area contributed by atoms with E-state index in [9.17, 15) is 0 Å². The minimum absolute atomic E-state index is 0.0852. The normalized spacial score (nSPS) is 11.9. The number of hydrogen-bond donors (Lipinski definition) is 1. The molecule has 1 N–H and O–H groups in total. The number of benzene rings is 1. The van der Waals surface area contributed by atoms with Crippen molar-refractivity contribution in [1.82, 2.24) is 0 Å². The maximum atomic E-state index is 9.00. The Bertz CT molecular complexity index is 381. The van der Waals surface area contributed by atoms with E-state index in [2.05, 4.69) is 52.1 Å². The third kappa shape index (κ3) is 4.14. The lowest BCUT2D eigenvalue weighted by atomic mass is 9.85. The van der Waals surface area contributed by atoms with E-state index >= 15 is 0 Å². The smallest absolute Gasteiger partial charge is 0.274 e. The summed E-state index contributed by atoms with van der Waals surface area (Å²) in [5.41, 5.74) is 2.58. The molecule has 1 rings (SSSR count). The van der Waals surface area contributed by atoms with Crippen molar-refractivity contribution in [3.63, 3.8) is 0 Å². The fraction of sp³-hybridized carbons (Fsp3) is 0.600. The molecule has 0 aliphatic rings. The molecule has 0 aliphatic carbocycles. The van der Waals surface area contributed by atoms with E-state index in [-0.39, 0.29) is 12.0 Å². The van der Waals surface area contributed by atoms with Crippen molar-refractivity contribution >= 4 is 9.04 Å². The first-order chi connectivity index (χ1) is 8.36. The predicted octanol–water partition coefficient (Wildman–Crippen LogP) is 3.54. The molecular formula is C15H25O2Si. The molecule has 0 fully saturated rings. The number of aliphatic hydroxyl groups excluding tert-OH is 1. The number of para-hydroxylation sites is 1. The van der Waals surface area contributed by atoms with Gasteiger partial charge in [-0.25, -0.2) is 0 Å². The Morgan fingerprint density at radius 2 is 1.89 bits per heavy atom. The van der Waals surface area contributed by atoms with E-state index < -0.39 is 9.04 Å². The average Bonchev–Trinajstić information content (AvgIpc) is 2.25. The standard InChI is InChI=1S/C15H25O2Si/c1-15(2,3)13-10-6-8-12(9-7-11-16)14(13)17-18(4)5/h6,8,10,16H,7,9,11H2,1-5H3. The maximum absolute atomic E-state index is 9.00. The van der Waals surface area contributed by atoms with Crippen molar-refractivity contribution in [2.75, 3.05) is 6.61 Å². The summed E-state index contributed by atoms with van der Waals surface area (Å²) in [5.74, 6) is 1.05. The first-order valence-corrected chi connectivity index (χ1v) is 8.98. The molecule has 0 heterocycles. The van der Waals surface area contributed by atoms with Crippen LogP contribution in [0.15, 0.2) is 18.2 Å². The second-order valence-electron chi connectivity index (χ2n) is 5.88. The minimum Gasteiger partial charge on any atom is -0.542 e. The minimum atomic E-state index is -0.778. The summed E-state index contributed by atoms with van der Waals surface area (Å²) in [6, 6.07) is 6.37. The summed E-state index contributed by atoms with van der Waals surface area (Å²) in [6.45, 7) is 11.2. The highest BCUT2D eigenvalue weighted by molar-refractivity contribution is 6.49. The molecule has 101 valence electrons. The van der Waals surface area contributed by atoms with Crippen LogP contribution < -0.4 is 4.43 Å². The molecule has 0 amide bonds. The molecule has 1 aromatic carbocycles. The highest BCUT2D eigenvalue weighted by Gasteiger charge is 2.21. The monoisotopic (exact) mass is 265 g/mol. The van der Waals surface area contributed by atoms with Gasteiger partial charge in [0.1, 0.15) is 5.75 Å². The van der Waals surface area contributed by atoms with Crippen molar-refractivity contribution in [3.05, 3.63) is 29.3 Å². The van der Waals surface area contributed by atoms with Crippen LogP contribution in [0.5, 0.6) is 5.75 Å². The molecule has 0 atom stereocenters. The predicted molar refractivity (Wildman–Crippen MR) is 78.7 cm³/mol. The zero-order valence-electron chi connectivity index (χ0n) is 12.2. The van der Waals surface area contributed by atoms with E-state index in [0.29, 0.717) is 0 Å². The average molecular weight is 265 g/mol. The quantitative estimate of drug-likeness (QED) is 0.825. The van der Waals surface area contributed by atoms with Gasteiger partial charge in [0.2, 0.25) is 0 Å². The van der Waals surface area contributed by atoms with Gasteiger partial charge in [-0.3, -0.25) is 0 Å². The van der Waals surface area contributed by atoms with Crippen LogP contribution in [0.25, 0.3) is 0 Å².